The van der Waals surface area contributed by atoms with Crippen molar-refractivity contribution in [3.63, 3.8) is 0 Å². The molecule has 0 bridgehead atoms. The van der Waals surface area contributed by atoms with E-state index >= 15 is 0 Å². The third-order valence-electron chi connectivity index (χ3n) is 4.32. The molecule has 0 spiro atoms. The first-order chi connectivity index (χ1) is 13.4. The molecular weight excluding hydrogens is 393 g/mol. The molecule has 0 fully saturated rings. The van der Waals surface area contributed by atoms with Crippen molar-refractivity contribution in [2.24, 2.45) is 0 Å². The average molecular weight is 410 g/mol. The molecule has 3 rings (SSSR count). The fourth-order valence-electron chi connectivity index (χ4n) is 2.96. The minimum absolute atomic E-state index is 0.0197. The van der Waals surface area contributed by atoms with E-state index in [1.54, 1.807) is 30.3 Å². The summed E-state index contributed by atoms with van der Waals surface area (Å²) in [7, 11) is 0. The van der Waals surface area contributed by atoms with E-state index in [0.717, 1.165) is 22.6 Å². The molecule has 0 aliphatic heterocycles. The lowest BCUT2D eigenvalue weighted by Crippen LogP contribution is -2.13. The first-order valence-electron chi connectivity index (χ1n) is 8.52. The van der Waals surface area contributed by atoms with Crippen molar-refractivity contribution in [2.75, 3.05) is 5.32 Å². The fraction of sp³-hybridized carbons (Fsp3) is 0.0909. The number of hydrogen-bond acceptors (Lipinski definition) is 2. The number of nitriles is 1. The summed E-state index contributed by atoms with van der Waals surface area (Å²) in [4.78, 5) is 12.5. The summed E-state index contributed by atoms with van der Waals surface area (Å²) in [5.41, 5.74) is 4.26. The van der Waals surface area contributed by atoms with E-state index in [-0.39, 0.29) is 5.57 Å². The van der Waals surface area contributed by atoms with Crippen molar-refractivity contribution in [1.82, 2.24) is 4.57 Å². The third kappa shape index (κ3) is 4.28. The van der Waals surface area contributed by atoms with Crippen molar-refractivity contribution >= 4 is 40.9 Å². The molecule has 4 nitrogen and oxygen atoms in total. The highest BCUT2D eigenvalue weighted by Crippen LogP contribution is 2.24. The van der Waals surface area contributed by atoms with Gasteiger partial charge in [-0.3, -0.25) is 4.79 Å². The lowest BCUT2D eigenvalue weighted by molar-refractivity contribution is -0.112. The number of amides is 1. The number of nitrogens with zero attached hydrogens (tertiary/aromatic N) is 2. The number of aryl methyl sites for hydroxylation is 1. The summed E-state index contributed by atoms with van der Waals surface area (Å²) >= 11 is 11.8. The van der Waals surface area contributed by atoms with Crippen molar-refractivity contribution in [3.05, 3.63) is 87.2 Å². The molecule has 1 amide bonds. The molecule has 2 aromatic carbocycles. The summed E-state index contributed by atoms with van der Waals surface area (Å²) < 4.78 is 2.05. The zero-order chi connectivity index (χ0) is 20.3. The first-order valence-corrected chi connectivity index (χ1v) is 9.28. The molecule has 140 valence electrons. The van der Waals surface area contributed by atoms with Crippen LogP contribution in [0.5, 0.6) is 0 Å². The number of anilines is 1. The highest BCUT2D eigenvalue weighted by Gasteiger charge is 2.14. The lowest BCUT2D eigenvalue weighted by atomic mass is 10.1. The predicted molar refractivity (Wildman–Crippen MR) is 114 cm³/mol. The Balaban J connectivity index is 1.91. The zero-order valence-corrected chi connectivity index (χ0v) is 16.8. The molecule has 0 saturated heterocycles. The van der Waals surface area contributed by atoms with Crippen LogP contribution in [0.1, 0.15) is 17.0 Å². The number of carbonyl (C=O) groups excluding carboxylic acids is 1. The summed E-state index contributed by atoms with van der Waals surface area (Å²) in [6.45, 7) is 3.91. The van der Waals surface area contributed by atoms with Gasteiger partial charge in [0, 0.05) is 32.8 Å². The molecule has 28 heavy (non-hydrogen) atoms. The summed E-state index contributed by atoms with van der Waals surface area (Å²) in [6, 6.07) is 18.1. The van der Waals surface area contributed by atoms with Gasteiger partial charge in [0.1, 0.15) is 11.6 Å². The molecular formula is C22H17Cl2N3O. The van der Waals surface area contributed by atoms with Gasteiger partial charge in [-0.05, 0) is 80.1 Å². The highest BCUT2D eigenvalue weighted by atomic mass is 35.5. The molecule has 3 aromatic rings. The molecule has 0 radical (unpaired) electrons. The average Bonchev–Trinajstić information content (AvgIpc) is 2.95. The SMILES string of the molecule is Cc1cc(C=C(C#N)C(=O)Nc2ccc(Cl)cc2)c(C)n1-c1ccc(Cl)cc1. The summed E-state index contributed by atoms with van der Waals surface area (Å²) in [5, 5.41) is 13.4. The van der Waals surface area contributed by atoms with Gasteiger partial charge in [0.2, 0.25) is 0 Å². The monoisotopic (exact) mass is 409 g/mol. The number of carbonyl (C=O) groups is 1. The minimum atomic E-state index is -0.471. The Bertz CT molecular complexity index is 1090. The molecule has 0 unspecified atom stereocenters. The van der Waals surface area contributed by atoms with E-state index in [4.69, 9.17) is 23.2 Å². The molecule has 1 heterocycles. The van der Waals surface area contributed by atoms with Crippen LogP contribution in [0.4, 0.5) is 5.69 Å². The van der Waals surface area contributed by atoms with Gasteiger partial charge in [-0.1, -0.05) is 23.2 Å². The number of halogens is 2. The van der Waals surface area contributed by atoms with E-state index in [1.807, 2.05) is 54.8 Å². The van der Waals surface area contributed by atoms with Gasteiger partial charge in [-0.15, -0.1) is 0 Å². The van der Waals surface area contributed by atoms with E-state index in [2.05, 4.69) is 5.32 Å². The van der Waals surface area contributed by atoms with Crippen LogP contribution in [-0.2, 0) is 4.79 Å². The van der Waals surface area contributed by atoms with Gasteiger partial charge < -0.3 is 9.88 Å². The van der Waals surface area contributed by atoms with E-state index in [9.17, 15) is 10.1 Å². The number of benzene rings is 2. The lowest BCUT2D eigenvalue weighted by Gasteiger charge is -2.09. The van der Waals surface area contributed by atoms with Crippen LogP contribution in [0.25, 0.3) is 11.8 Å². The Labute approximate surface area is 173 Å². The molecule has 0 atom stereocenters. The summed E-state index contributed by atoms with van der Waals surface area (Å²) in [6.07, 6.45) is 1.60. The molecule has 1 N–H and O–H groups in total. The minimum Gasteiger partial charge on any atom is -0.321 e. The van der Waals surface area contributed by atoms with Gasteiger partial charge in [0.25, 0.3) is 5.91 Å². The first kappa shape index (κ1) is 19.8. The van der Waals surface area contributed by atoms with Crippen molar-refractivity contribution in [3.8, 4) is 11.8 Å². The second-order valence-corrected chi connectivity index (χ2v) is 7.14. The molecule has 1 aromatic heterocycles. The normalized spacial score (nSPS) is 11.2. The Kier molecular flexibility index (Phi) is 5.89. The summed E-state index contributed by atoms with van der Waals surface area (Å²) in [5.74, 6) is -0.471. The predicted octanol–water partition coefficient (Wildman–Crippen LogP) is 5.95. The Morgan fingerprint density at radius 1 is 1.04 bits per heavy atom. The third-order valence-corrected chi connectivity index (χ3v) is 4.83. The van der Waals surface area contributed by atoms with Crippen molar-refractivity contribution in [2.45, 2.75) is 13.8 Å². The van der Waals surface area contributed by atoms with Crippen molar-refractivity contribution < 1.29 is 4.79 Å². The Morgan fingerprint density at radius 2 is 1.61 bits per heavy atom. The van der Waals surface area contributed by atoms with Crippen LogP contribution in [-0.4, -0.2) is 10.5 Å². The number of nitrogens with one attached hydrogen (secondary N) is 1. The standard InChI is InChI=1S/C22H17Cl2N3O/c1-14-11-16(15(2)27(14)21-9-5-19(24)6-10-21)12-17(13-25)22(28)26-20-7-3-18(23)4-8-20/h3-12H,1-2H3,(H,26,28). The molecule has 0 aliphatic rings. The quantitative estimate of drug-likeness (QED) is 0.427. The maximum Gasteiger partial charge on any atom is 0.266 e. The topological polar surface area (TPSA) is 57.8 Å². The highest BCUT2D eigenvalue weighted by molar-refractivity contribution is 6.30. The Morgan fingerprint density at radius 3 is 2.18 bits per heavy atom. The van der Waals surface area contributed by atoms with Crippen LogP contribution >= 0.6 is 23.2 Å². The van der Waals surface area contributed by atoms with E-state index in [0.29, 0.717) is 15.7 Å². The fourth-order valence-corrected chi connectivity index (χ4v) is 3.21. The second kappa shape index (κ2) is 8.35. The zero-order valence-electron chi connectivity index (χ0n) is 15.3. The maximum atomic E-state index is 12.5. The van der Waals surface area contributed by atoms with E-state index in [1.165, 1.54) is 0 Å². The molecule has 0 saturated carbocycles. The number of aromatic nitrogens is 1. The largest absolute Gasteiger partial charge is 0.321 e. The van der Waals surface area contributed by atoms with Crippen LogP contribution < -0.4 is 5.32 Å². The smallest absolute Gasteiger partial charge is 0.266 e. The van der Waals surface area contributed by atoms with Crippen molar-refractivity contribution in [1.29, 1.82) is 5.26 Å². The van der Waals surface area contributed by atoms with Crippen LogP contribution in [0.2, 0.25) is 10.0 Å². The van der Waals surface area contributed by atoms with Gasteiger partial charge >= 0.3 is 0 Å². The molecule has 6 heteroatoms. The van der Waals surface area contributed by atoms with Crippen LogP contribution in [0.3, 0.4) is 0 Å². The molecule has 0 aliphatic carbocycles. The van der Waals surface area contributed by atoms with Crippen LogP contribution in [0.15, 0.2) is 60.2 Å². The van der Waals surface area contributed by atoms with Crippen LogP contribution in [0, 0.1) is 25.2 Å². The number of hydrogen-bond donors (Lipinski definition) is 1. The van der Waals surface area contributed by atoms with Gasteiger partial charge in [0.15, 0.2) is 0 Å². The van der Waals surface area contributed by atoms with Gasteiger partial charge in [0.05, 0.1) is 0 Å². The number of rotatable bonds is 4. The second-order valence-electron chi connectivity index (χ2n) is 6.27. The Hall–Kier alpha value is -3.00. The van der Waals surface area contributed by atoms with Gasteiger partial charge in [-0.2, -0.15) is 5.26 Å². The van der Waals surface area contributed by atoms with Gasteiger partial charge in [-0.25, -0.2) is 0 Å². The van der Waals surface area contributed by atoms with E-state index < -0.39 is 5.91 Å². The maximum absolute atomic E-state index is 12.5.